The van der Waals surface area contributed by atoms with Crippen LogP contribution in [-0.2, 0) is 4.74 Å². The lowest BCUT2D eigenvalue weighted by Crippen LogP contribution is -2.45. The fraction of sp³-hybridized carbons (Fsp3) is 0.647. The number of benzene rings is 1. The van der Waals surface area contributed by atoms with Crippen molar-refractivity contribution in [2.45, 2.75) is 31.8 Å². The molecule has 0 bridgehead atoms. The average Bonchev–Trinajstić information content (AvgIpc) is 3.31. The maximum Gasteiger partial charge on any atom is 0.0594 e. The van der Waals surface area contributed by atoms with E-state index in [1.807, 2.05) is 12.1 Å². The summed E-state index contributed by atoms with van der Waals surface area (Å²) < 4.78 is 5.42. The van der Waals surface area contributed by atoms with Gasteiger partial charge in [-0.25, -0.2) is 0 Å². The summed E-state index contributed by atoms with van der Waals surface area (Å²) in [4.78, 5) is 2.49. The first-order valence-electron chi connectivity index (χ1n) is 8.04. The van der Waals surface area contributed by atoms with Crippen LogP contribution in [0, 0.1) is 5.92 Å². The van der Waals surface area contributed by atoms with E-state index in [4.69, 9.17) is 16.3 Å². The van der Waals surface area contributed by atoms with Crippen LogP contribution in [0.25, 0.3) is 0 Å². The topological polar surface area (TPSA) is 24.5 Å². The highest BCUT2D eigenvalue weighted by molar-refractivity contribution is 6.30. The van der Waals surface area contributed by atoms with Gasteiger partial charge in [0.2, 0.25) is 0 Å². The lowest BCUT2D eigenvalue weighted by atomic mass is 10.0. The third-order valence-corrected chi connectivity index (χ3v) is 4.67. The van der Waals surface area contributed by atoms with E-state index >= 15 is 0 Å². The lowest BCUT2D eigenvalue weighted by molar-refractivity contribution is 0.0337. The molecule has 1 N–H and O–H groups in total. The maximum atomic E-state index is 6.01. The predicted octanol–water partition coefficient (Wildman–Crippen LogP) is 3.10. The van der Waals surface area contributed by atoms with E-state index < -0.39 is 0 Å². The summed E-state index contributed by atoms with van der Waals surface area (Å²) in [6, 6.07) is 9.29. The smallest absolute Gasteiger partial charge is 0.0594 e. The average molecular weight is 309 g/mol. The molecule has 2 atom stereocenters. The Bertz CT molecular complexity index is 441. The van der Waals surface area contributed by atoms with Crippen molar-refractivity contribution in [3.63, 3.8) is 0 Å². The zero-order chi connectivity index (χ0) is 14.7. The van der Waals surface area contributed by atoms with Gasteiger partial charge in [0.25, 0.3) is 0 Å². The summed E-state index contributed by atoms with van der Waals surface area (Å²) in [6.07, 6.45) is 2.68. The highest BCUT2D eigenvalue weighted by Gasteiger charge is 2.33. The molecule has 1 heterocycles. The molecular weight excluding hydrogens is 284 g/mol. The van der Waals surface area contributed by atoms with Crippen molar-refractivity contribution in [1.82, 2.24) is 10.2 Å². The Morgan fingerprint density at radius 3 is 2.52 bits per heavy atom. The monoisotopic (exact) mass is 308 g/mol. The minimum Gasteiger partial charge on any atom is -0.379 e. The number of hydrogen-bond acceptors (Lipinski definition) is 3. The van der Waals surface area contributed by atoms with E-state index in [9.17, 15) is 0 Å². The molecule has 21 heavy (non-hydrogen) atoms. The number of nitrogens with zero attached hydrogens (tertiary/aromatic N) is 1. The molecule has 1 aromatic rings. The lowest BCUT2D eigenvalue weighted by Gasteiger charge is -2.31. The summed E-state index contributed by atoms with van der Waals surface area (Å²) in [5, 5.41) is 4.65. The second kappa shape index (κ2) is 7.10. The van der Waals surface area contributed by atoms with E-state index in [1.54, 1.807) is 0 Å². The van der Waals surface area contributed by atoms with Crippen molar-refractivity contribution in [2.75, 3.05) is 32.8 Å². The van der Waals surface area contributed by atoms with Gasteiger partial charge in [-0.15, -0.1) is 0 Å². The number of ether oxygens (including phenoxy) is 1. The molecule has 0 aromatic heterocycles. The summed E-state index contributed by atoms with van der Waals surface area (Å²) in [7, 11) is 0. The first kappa shape index (κ1) is 15.3. The van der Waals surface area contributed by atoms with Crippen molar-refractivity contribution < 1.29 is 4.74 Å². The first-order chi connectivity index (χ1) is 10.2. The van der Waals surface area contributed by atoms with Gasteiger partial charge in [-0.3, -0.25) is 4.90 Å². The Morgan fingerprint density at radius 2 is 1.90 bits per heavy atom. The van der Waals surface area contributed by atoms with Crippen LogP contribution in [0.3, 0.4) is 0 Å². The molecule has 2 fully saturated rings. The molecule has 1 aliphatic heterocycles. The van der Waals surface area contributed by atoms with Crippen LogP contribution in [-0.4, -0.2) is 43.8 Å². The quantitative estimate of drug-likeness (QED) is 0.874. The van der Waals surface area contributed by atoms with E-state index in [1.165, 1.54) is 18.4 Å². The number of nitrogens with one attached hydrogen (secondary N) is 1. The number of hydrogen-bond donors (Lipinski definition) is 1. The van der Waals surface area contributed by atoms with E-state index in [-0.39, 0.29) is 0 Å². The molecule has 1 aliphatic carbocycles. The van der Waals surface area contributed by atoms with E-state index in [0.29, 0.717) is 12.1 Å². The zero-order valence-electron chi connectivity index (χ0n) is 12.7. The second-order valence-electron chi connectivity index (χ2n) is 6.35. The minimum atomic E-state index is 0.471. The summed E-state index contributed by atoms with van der Waals surface area (Å²) >= 11 is 6.01. The third-order valence-electron chi connectivity index (χ3n) is 4.42. The van der Waals surface area contributed by atoms with Crippen LogP contribution in [0.4, 0.5) is 0 Å². The summed E-state index contributed by atoms with van der Waals surface area (Å²) in [5.74, 6) is 0.790. The molecule has 4 heteroatoms. The number of halogens is 1. The standard InChI is InChI=1S/C17H25ClN2O/c1-13(12-20-8-10-21-11-9-20)19-17(14-2-3-14)15-4-6-16(18)7-5-15/h4-7,13-14,17,19H,2-3,8-12H2,1H3. The molecular formula is C17H25ClN2O. The molecule has 2 unspecified atom stereocenters. The zero-order valence-corrected chi connectivity index (χ0v) is 13.5. The molecule has 1 aromatic carbocycles. The normalized spacial score (nSPS) is 23.0. The maximum absolute atomic E-state index is 6.01. The van der Waals surface area contributed by atoms with Gasteiger partial charge in [0.15, 0.2) is 0 Å². The fourth-order valence-electron chi connectivity index (χ4n) is 3.13. The predicted molar refractivity (Wildman–Crippen MR) is 86.8 cm³/mol. The number of morpholine rings is 1. The van der Waals surface area contributed by atoms with Crippen LogP contribution in [0.15, 0.2) is 24.3 Å². The van der Waals surface area contributed by atoms with E-state index in [2.05, 4.69) is 29.3 Å². The summed E-state index contributed by atoms with van der Waals surface area (Å²) in [5.41, 5.74) is 1.37. The van der Waals surface area contributed by atoms with Gasteiger partial charge in [-0.1, -0.05) is 23.7 Å². The molecule has 0 amide bonds. The van der Waals surface area contributed by atoms with Gasteiger partial charge in [-0.2, -0.15) is 0 Å². The highest BCUT2D eigenvalue weighted by atomic mass is 35.5. The first-order valence-corrected chi connectivity index (χ1v) is 8.42. The Kier molecular flexibility index (Phi) is 5.17. The Morgan fingerprint density at radius 1 is 1.24 bits per heavy atom. The van der Waals surface area contributed by atoms with E-state index in [0.717, 1.165) is 43.8 Å². The Labute approximate surface area is 132 Å². The van der Waals surface area contributed by atoms with Crippen molar-refractivity contribution >= 4 is 11.6 Å². The summed E-state index contributed by atoms with van der Waals surface area (Å²) in [6.45, 7) is 7.25. The van der Waals surface area contributed by atoms with Crippen molar-refractivity contribution in [3.05, 3.63) is 34.9 Å². The largest absolute Gasteiger partial charge is 0.379 e. The van der Waals surface area contributed by atoms with Crippen molar-refractivity contribution in [2.24, 2.45) is 5.92 Å². The van der Waals surface area contributed by atoms with Gasteiger partial charge in [-0.05, 0) is 43.4 Å². The van der Waals surface area contributed by atoms with Crippen molar-refractivity contribution in [3.8, 4) is 0 Å². The molecule has 2 aliphatic rings. The van der Waals surface area contributed by atoms with Gasteiger partial charge in [0.1, 0.15) is 0 Å². The second-order valence-corrected chi connectivity index (χ2v) is 6.78. The van der Waals surface area contributed by atoms with Crippen LogP contribution in [0.1, 0.15) is 31.4 Å². The van der Waals surface area contributed by atoms with Crippen molar-refractivity contribution in [1.29, 1.82) is 0 Å². The minimum absolute atomic E-state index is 0.471. The molecule has 1 saturated heterocycles. The van der Waals surface area contributed by atoms with Gasteiger partial charge in [0, 0.05) is 36.7 Å². The number of rotatable bonds is 6. The van der Waals surface area contributed by atoms with Crippen LogP contribution >= 0.6 is 11.6 Å². The Hall–Kier alpha value is -0.610. The molecule has 0 spiro atoms. The molecule has 3 nitrogen and oxygen atoms in total. The SMILES string of the molecule is CC(CN1CCOCC1)NC(c1ccc(Cl)cc1)C1CC1. The highest BCUT2D eigenvalue weighted by Crippen LogP contribution is 2.41. The molecule has 1 saturated carbocycles. The van der Waals surface area contributed by atoms with Gasteiger partial charge < -0.3 is 10.1 Å². The van der Waals surface area contributed by atoms with Gasteiger partial charge in [0.05, 0.1) is 13.2 Å². The van der Waals surface area contributed by atoms with Crippen LogP contribution in [0.2, 0.25) is 5.02 Å². The molecule has 116 valence electrons. The van der Waals surface area contributed by atoms with Crippen LogP contribution < -0.4 is 5.32 Å². The Balaban J connectivity index is 1.58. The molecule has 3 rings (SSSR count). The molecule has 0 radical (unpaired) electrons. The fourth-order valence-corrected chi connectivity index (χ4v) is 3.26. The third kappa shape index (κ3) is 4.43. The van der Waals surface area contributed by atoms with Crippen LogP contribution in [0.5, 0.6) is 0 Å². The van der Waals surface area contributed by atoms with Gasteiger partial charge >= 0.3 is 0 Å².